The number of nitrogens with zero attached hydrogens (tertiary/aromatic N) is 4. The van der Waals surface area contributed by atoms with Crippen LogP contribution in [0.15, 0.2) is 146 Å². The van der Waals surface area contributed by atoms with E-state index in [1.807, 2.05) is 78.9 Å². The molecule has 0 spiro atoms. The number of aromatic nitrogens is 4. The molecule has 0 saturated carbocycles. The van der Waals surface area contributed by atoms with Crippen LogP contribution in [0, 0.1) is 0 Å². The van der Waals surface area contributed by atoms with Gasteiger partial charge in [-0.2, -0.15) is 0 Å². The maximum Gasteiger partial charge on any atom is 2.00 e. The molecule has 5 nitrogen and oxygen atoms in total. The fourth-order valence-corrected chi connectivity index (χ4v) is 6.79. The molecule has 2 aliphatic rings. The first kappa shape index (κ1) is 31.1. The van der Waals surface area contributed by atoms with Gasteiger partial charge in [0.05, 0.1) is 28.5 Å². The summed E-state index contributed by atoms with van der Waals surface area (Å²) in [5.41, 5.74) is 21.6. The summed E-state index contributed by atoms with van der Waals surface area (Å²) in [6.07, 6.45) is 6.14. The first-order valence-corrected chi connectivity index (χ1v) is 16.3. The Labute approximate surface area is 300 Å². The van der Waals surface area contributed by atoms with E-state index in [0.717, 1.165) is 83.7 Å². The van der Waals surface area contributed by atoms with Crippen LogP contribution in [0.4, 0.5) is 0 Å². The molecule has 2 aliphatic heterocycles. The fraction of sp³-hybridized carbons (Fsp3) is 0. The Morgan fingerprint density at radius 1 is 0.380 bits per heavy atom. The summed E-state index contributed by atoms with van der Waals surface area (Å²) in [6, 6.07) is 49.4. The Balaban J connectivity index is 0.00000361. The zero-order chi connectivity index (χ0) is 32.7. The molecule has 2 N–H and O–H groups in total. The maximum atomic E-state index is 6.90. The standard InChI is InChI=1S/C44H29N5.Cu/c45-32-27-39-42(30-17-9-3-10-18-30)37-24-23-35(47-37)40(28-13-5-1-6-14-28)33-21-22-34(46-33)41(29-15-7-2-8-16-29)36-25-26-38(48-36)43(44(32)49-39)31-19-11-4-12-20-31;/h1-27H,45H2;/q-2;+2. The molecule has 0 amide bonds. The van der Waals surface area contributed by atoms with Gasteiger partial charge >= 0.3 is 17.1 Å². The van der Waals surface area contributed by atoms with E-state index in [0.29, 0.717) is 11.4 Å². The molecule has 0 unspecified atom stereocenters. The molecule has 0 fully saturated rings. The van der Waals surface area contributed by atoms with Crippen LogP contribution < -0.4 is 15.7 Å². The molecule has 1 radical (unpaired) electrons. The van der Waals surface area contributed by atoms with Crippen molar-refractivity contribution in [3.8, 4) is 44.5 Å². The van der Waals surface area contributed by atoms with Crippen molar-refractivity contribution in [3.05, 3.63) is 168 Å². The van der Waals surface area contributed by atoms with Crippen LogP contribution in [0.3, 0.4) is 0 Å². The summed E-state index contributed by atoms with van der Waals surface area (Å²) in [5, 5.41) is 0. The van der Waals surface area contributed by atoms with E-state index >= 15 is 0 Å². The van der Waals surface area contributed by atoms with Crippen molar-refractivity contribution < 1.29 is 17.1 Å². The van der Waals surface area contributed by atoms with Crippen LogP contribution in [0.1, 0.15) is 22.8 Å². The Morgan fingerprint density at radius 3 is 1.12 bits per heavy atom. The van der Waals surface area contributed by atoms with E-state index in [4.69, 9.17) is 25.7 Å². The molecule has 0 saturated heterocycles. The molecule has 0 aliphatic carbocycles. The van der Waals surface area contributed by atoms with Crippen molar-refractivity contribution >= 4 is 46.0 Å². The summed E-state index contributed by atoms with van der Waals surface area (Å²) in [5.74, 6) is 0. The Morgan fingerprint density at radius 2 is 0.720 bits per heavy atom. The molecule has 6 heteroatoms. The second kappa shape index (κ2) is 13.0. The molecule has 9 rings (SSSR count). The Hall–Kier alpha value is -6.20. The minimum atomic E-state index is 0. The van der Waals surface area contributed by atoms with Crippen LogP contribution in [0.25, 0.3) is 90.5 Å². The van der Waals surface area contributed by atoms with Gasteiger partial charge in [-0.05, 0) is 62.7 Å². The van der Waals surface area contributed by atoms with Gasteiger partial charge in [-0.25, -0.2) is 9.97 Å². The van der Waals surface area contributed by atoms with Gasteiger partial charge in [0, 0.05) is 0 Å². The van der Waals surface area contributed by atoms with Gasteiger partial charge in [0.25, 0.3) is 0 Å². The minimum Gasteiger partial charge on any atom is -0.657 e. The normalized spacial score (nSPS) is 12.0. The molecule has 3 aromatic heterocycles. The molecule has 0 atom stereocenters. The van der Waals surface area contributed by atoms with Gasteiger partial charge in [0.15, 0.2) is 0 Å². The zero-order valence-electron chi connectivity index (χ0n) is 26.8. The van der Waals surface area contributed by atoms with E-state index in [-0.39, 0.29) is 17.1 Å². The van der Waals surface area contributed by atoms with Crippen LogP contribution in [0.5, 0.6) is 0 Å². The van der Waals surface area contributed by atoms with E-state index in [9.17, 15) is 0 Å². The maximum absolute atomic E-state index is 6.90. The monoisotopic (exact) mass is 690 g/mol. The third kappa shape index (κ3) is 5.47. The van der Waals surface area contributed by atoms with E-state index < -0.39 is 0 Å². The van der Waals surface area contributed by atoms with Crippen LogP contribution >= 0.6 is 0 Å². The molecule has 50 heavy (non-hydrogen) atoms. The number of hydrogen-bond acceptors (Lipinski definition) is 3. The van der Waals surface area contributed by atoms with Gasteiger partial charge in [-0.1, -0.05) is 146 Å². The summed E-state index contributed by atoms with van der Waals surface area (Å²) >= 11 is 0. The Bertz CT molecular complexity index is 2590. The second-order valence-corrected chi connectivity index (χ2v) is 12.1. The minimum absolute atomic E-state index is 0. The van der Waals surface area contributed by atoms with Crippen molar-refractivity contribution in [2.45, 2.75) is 0 Å². The number of nitrogens with two attached hydrogens (primary N) is 1. The molecular weight excluding hydrogens is 662 g/mol. The predicted molar refractivity (Wildman–Crippen MR) is 202 cm³/mol. The SMILES string of the molecule is NC1=Cc2nc1c(-c1ccccc1)c1ccc([n-]1)c(-c1ccccc1)c1nc(c(-c3ccccc3)c3ccc([n-]3)c2-c2ccccc2)C=C1.[Cu+2]. The molecule has 4 aromatic carbocycles. The van der Waals surface area contributed by atoms with Crippen molar-refractivity contribution in [2.75, 3.05) is 0 Å². The number of hydrogen-bond donors (Lipinski definition) is 1. The molecule has 7 aromatic rings. The summed E-state index contributed by atoms with van der Waals surface area (Å²) < 4.78 is 0. The Kier molecular flexibility index (Phi) is 8.09. The van der Waals surface area contributed by atoms with Gasteiger partial charge in [-0.3, -0.25) is 0 Å². The first-order chi connectivity index (χ1) is 24.2. The topological polar surface area (TPSA) is 80.0 Å². The number of fused-ring (bicyclic) bond motifs is 8. The van der Waals surface area contributed by atoms with Crippen LogP contribution in [0.2, 0.25) is 0 Å². The van der Waals surface area contributed by atoms with Crippen molar-refractivity contribution in [3.63, 3.8) is 0 Å². The van der Waals surface area contributed by atoms with Crippen LogP contribution in [-0.2, 0) is 17.1 Å². The summed E-state index contributed by atoms with van der Waals surface area (Å²) in [4.78, 5) is 21.2. The van der Waals surface area contributed by atoms with Gasteiger partial charge < -0.3 is 15.7 Å². The van der Waals surface area contributed by atoms with Crippen molar-refractivity contribution in [1.82, 2.24) is 19.9 Å². The van der Waals surface area contributed by atoms with Crippen molar-refractivity contribution in [2.24, 2.45) is 5.73 Å². The van der Waals surface area contributed by atoms with Crippen molar-refractivity contribution in [1.29, 1.82) is 0 Å². The van der Waals surface area contributed by atoms with Crippen LogP contribution in [-0.4, -0.2) is 9.97 Å². The first-order valence-electron chi connectivity index (χ1n) is 16.3. The van der Waals surface area contributed by atoms with Gasteiger partial charge in [0.2, 0.25) is 0 Å². The second-order valence-electron chi connectivity index (χ2n) is 12.1. The summed E-state index contributed by atoms with van der Waals surface area (Å²) in [7, 11) is 0. The van der Waals surface area contributed by atoms with E-state index in [1.54, 1.807) is 0 Å². The molecule has 241 valence electrons. The number of benzene rings is 4. The molecular formula is C44H29CuN5. The average Bonchev–Trinajstić information content (AvgIpc) is 3.98. The molecule has 8 bridgehead atoms. The van der Waals surface area contributed by atoms with Gasteiger partial charge in [-0.15, -0.1) is 22.1 Å². The summed E-state index contributed by atoms with van der Waals surface area (Å²) in [6.45, 7) is 0. The average molecular weight is 691 g/mol. The largest absolute Gasteiger partial charge is 2.00 e. The van der Waals surface area contributed by atoms with Gasteiger partial charge in [0.1, 0.15) is 0 Å². The van der Waals surface area contributed by atoms with E-state index in [2.05, 4.69) is 84.9 Å². The fourth-order valence-electron chi connectivity index (χ4n) is 6.79. The molecule has 5 heterocycles. The van der Waals surface area contributed by atoms with E-state index in [1.165, 1.54) is 0 Å². The number of rotatable bonds is 4. The third-order valence-electron chi connectivity index (χ3n) is 9.00. The smallest absolute Gasteiger partial charge is 0.657 e. The predicted octanol–water partition coefficient (Wildman–Crippen LogP) is 9.87. The zero-order valence-corrected chi connectivity index (χ0v) is 27.7. The quantitative estimate of drug-likeness (QED) is 0.186. The third-order valence-corrected chi connectivity index (χ3v) is 9.00.